The zero-order valence-corrected chi connectivity index (χ0v) is 6.14. The van der Waals surface area contributed by atoms with Crippen molar-refractivity contribution < 1.29 is 0 Å². The van der Waals surface area contributed by atoms with E-state index in [1.807, 2.05) is 6.20 Å². The van der Waals surface area contributed by atoms with E-state index < -0.39 is 0 Å². The van der Waals surface area contributed by atoms with Crippen molar-refractivity contribution in [1.29, 1.82) is 0 Å². The molecule has 1 saturated heterocycles. The summed E-state index contributed by atoms with van der Waals surface area (Å²) in [6.07, 6.45) is 4.63. The SMILES string of the molecule is C=CN1CCC(C)CC1. The molecule has 1 heteroatoms. The lowest BCUT2D eigenvalue weighted by Crippen LogP contribution is -2.27. The van der Waals surface area contributed by atoms with Gasteiger partial charge in [-0.3, -0.25) is 0 Å². The third kappa shape index (κ3) is 1.74. The molecule has 0 saturated carbocycles. The van der Waals surface area contributed by atoms with Crippen LogP contribution in [0.4, 0.5) is 0 Å². The van der Waals surface area contributed by atoms with Gasteiger partial charge in [-0.25, -0.2) is 0 Å². The van der Waals surface area contributed by atoms with Crippen LogP contribution in [0.25, 0.3) is 0 Å². The van der Waals surface area contributed by atoms with Crippen molar-refractivity contribution in [2.45, 2.75) is 19.8 Å². The molecule has 52 valence electrons. The molecule has 0 aromatic carbocycles. The maximum Gasteiger partial charge on any atom is 0.0174 e. The minimum Gasteiger partial charge on any atom is -0.378 e. The Morgan fingerprint density at radius 3 is 2.44 bits per heavy atom. The minimum absolute atomic E-state index is 0.932. The quantitative estimate of drug-likeness (QED) is 0.517. The Bertz CT molecular complexity index is 90.7. The molecule has 1 fully saturated rings. The van der Waals surface area contributed by atoms with Crippen LogP contribution in [-0.4, -0.2) is 18.0 Å². The lowest BCUT2D eigenvalue weighted by Gasteiger charge is -2.28. The molecule has 1 aliphatic rings. The minimum atomic E-state index is 0.932. The highest BCUT2D eigenvalue weighted by Crippen LogP contribution is 2.15. The summed E-state index contributed by atoms with van der Waals surface area (Å²) >= 11 is 0. The van der Waals surface area contributed by atoms with E-state index in [1.165, 1.54) is 25.9 Å². The van der Waals surface area contributed by atoms with Gasteiger partial charge in [0.1, 0.15) is 0 Å². The van der Waals surface area contributed by atoms with Crippen molar-refractivity contribution in [3.05, 3.63) is 12.8 Å². The Balaban J connectivity index is 2.26. The number of rotatable bonds is 1. The Labute approximate surface area is 57.4 Å². The summed E-state index contributed by atoms with van der Waals surface area (Å²) in [5, 5.41) is 0. The molecule has 1 nitrogen and oxygen atoms in total. The number of likely N-dealkylation sites (tertiary alicyclic amines) is 1. The van der Waals surface area contributed by atoms with Crippen LogP contribution in [-0.2, 0) is 0 Å². The standard InChI is InChI=1S/C8H15N/c1-3-9-6-4-8(2)5-7-9/h3,8H,1,4-7H2,2H3. The van der Waals surface area contributed by atoms with Gasteiger partial charge in [-0.05, 0) is 25.0 Å². The summed E-state index contributed by atoms with van der Waals surface area (Å²) in [7, 11) is 0. The molecule has 0 unspecified atom stereocenters. The highest BCUT2D eigenvalue weighted by atomic mass is 15.1. The number of hydrogen-bond donors (Lipinski definition) is 0. The van der Waals surface area contributed by atoms with Crippen molar-refractivity contribution >= 4 is 0 Å². The number of piperidine rings is 1. The Kier molecular flexibility index (Phi) is 2.15. The molecule has 1 aliphatic heterocycles. The Morgan fingerprint density at radius 1 is 1.44 bits per heavy atom. The lowest BCUT2D eigenvalue weighted by atomic mass is 10.00. The van der Waals surface area contributed by atoms with Crippen molar-refractivity contribution in [1.82, 2.24) is 4.90 Å². The molecule has 0 aromatic heterocycles. The molecule has 0 spiro atoms. The third-order valence-electron chi connectivity index (χ3n) is 2.08. The van der Waals surface area contributed by atoms with Crippen LogP contribution in [0, 0.1) is 5.92 Å². The average molecular weight is 125 g/mol. The van der Waals surface area contributed by atoms with E-state index in [0.29, 0.717) is 0 Å². The zero-order valence-electron chi connectivity index (χ0n) is 6.14. The first-order valence-corrected chi connectivity index (χ1v) is 3.69. The van der Waals surface area contributed by atoms with Crippen LogP contribution in [0.5, 0.6) is 0 Å². The Hall–Kier alpha value is -0.460. The fourth-order valence-corrected chi connectivity index (χ4v) is 1.21. The Morgan fingerprint density at radius 2 is 2.00 bits per heavy atom. The first-order valence-electron chi connectivity index (χ1n) is 3.69. The second-order valence-electron chi connectivity index (χ2n) is 2.90. The first kappa shape index (κ1) is 6.66. The predicted molar refractivity (Wildman–Crippen MR) is 40.2 cm³/mol. The number of nitrogens with zero attached hydrogens (tertiary/aromatic N) is 1. The van der Waals surface area contributed by atoms with Gasteiger partial charge in [0, 0.05) is 13.1 Å². The van der Waals surface area contributed by atoms with Gasteiger partial charge in [0.2, 0.25) is 0 Å². The fraction of sp³-hybridized carbons (Fsp3) is 0.750. The maximum atomic E-state index is 3.74. The molecular formula is C8H15N. The van der Waals surface area contributed by atoms with Crippen molar-refractivity contribution in [3.8, 4) is 0 Å². The predicted octanol–water partition coefficient (Wildman–Crippen LogP) is 1.86. The van der Waals surface area contributed by atoms with Gasteiger partial charge in [-0.1, -0.05) is 13.5 Å². The molecule has 0 amide bonds. The van der Waals surface area contributed by atoms with E-state index in [0.717, 1.165) is 5.92 Å². The zero-order chi connectivity index (χ0) is 6.69. The van der Waals surface area contributed by atoms with E-state index in [2.05, 4.69) is 18.4 Å². The molecule has 1 heterocycles. The van der Waals surface area contributed by atoms with Crippen LogP contribution < -0.4 is 0 Å². The summed E-state index contributed by atoms with van der Waals surface area (Å²) in [5.74, 6) is 0.932. The second kappa shape index (κ2) is 2.90. The molecule has 0 atom stereocenters. The molecule has 0 bridgehead atoms. The first-order chi connectivity index (χ1) is 4.33. The molecule has 0 aliphatic carbocycles. The normalized spacial score (nSPS) is 22.1. The van der Waals surface area contributed by atoms with Crippen LogP contribution >= 0.6 is 0 Å². The van der Waals surface area contributed by atoms with Gasteiger partial charge >= 0.3 is 0 Å². The molecule has 0 aromatic rings. The molecule has 0 radical (unpaired) electrons. The molecule has 9 heavy (non-hydrogen) atoms. The summed E-state index contributed by atoms with van der Waals surface area (Å²) in [6, 6.07) is 0. The highest BCUT2D eigenvalue weighted by molar-refractivity contribution is 4.76. The van der Waals surface area contributed by atoms with Gasteiger partial charge in [-0.15, -0.1) is 0 Å². The summed E-state index contributed by atoms with van der Waals surface area (Å²) in [6.45, 7) is 8.48. The van der Waals surface area contributed by atoms with Crippen molar-refractivity contribution in [2.75, 3.05) is 13.1 Å². The monoisotopic (exact) mass is 125 g/mol. The van der Waals surface area contributed by atoms with E-state index in [9.17, 15) is 0 Å². The van der Waals surface area contributed by atoms with Crippen molar-refractivity contribution in [2.24, 2.45) is 5.92 Å². The summed E-state index contributed by atoms with van der Waals surface area (Å²) < 4.78 is 0. The summed E-state index contributed by atoms with van der Waals surface area (Å²) in [4.78, 5) is 2.29. The van der Waals surface area contributed by atoms with Crippen LogP contribution in [0.2, 0.25) is 0 Å². The van der Waals surface area contributed by atoms with Crippen LogP contribution in [0.1, 0.15) is 19.8 Å². The van der Waals surface area contributed by atoms with E-state index in [1.54, 1.807) is 0 Å². The topological polar surface area (TPSA) is 3.24 Å². The molecule has 1 rings (SSSR count). The van der Waals surface area contributed by atoms with Crippen LogP contribution in [0.15, 0.2) is 12.8 Å². The smallest absolute Gasteiger partial charge is 0.0174 e. The van der Waals surface area contributed by atoms with Gasteiger partial charge in [0.25, 0.3) is 0 Å². The van der Waals surface area contributed by atoms with Crippen LogP contribution in [0.3, 0.4) is 0 Å². The third-order valence-corrected chi connectivity index (χ3v) is 2.08. The summed E-state index contributed by atoms with van der Waals surface area (Å²) in [5.41, 5.74) is 0. The van der Waals surface area contributed by atoms with E-state index >= 15 is 0 Å². The molecular weight excluding hydrogens is 110 g/mol. The van der Waals surface area contributed by atoms with Gasteiger partial charge in [0.15, 0.2) is 0 Å². The number of hydrogen-bond acceptors (Lipinski definition) is 1. The van der Waals surface area contributed by atoms with Crippen molar-refractivity contribution in [3.63, 3.8) is 0 Å². The average Bonchev–Trinajstić information content (AvgIpc) is 1.90. The lowest BCUT2D eigenvalue weighted by molar-refractivity contribution is 0.256. The van der Waals surface area contributed by atoms with Gasteiger partial charge in [-0.2, -0.15) is 0 Å². The van der Waals surface area contributed by atoms with Gasteiger partial charge < -0.3 is 4.90 Å². The second-order valence-corrected chi connectivity index (χ2v) is 2.90. The molecule has 0 N–H and O–H groups in total. The maximum absolute atomic E-state index is 3.74. The van der Waals surface area contributed by atoms with E-state index in [4.69, 9.17) is 0 Å². The highest BCUT2D eigenvalue weighted by Gasteiger charge is 2.11. The van der Waals surface area contributed by atoms with Gasteiger partial charge in [0.05, 0.1) is 0 Å². The fourth-order valence-electron chi connectivity index (χ4n) is 1.21. The van der Waals surface area contributed by atoms with E-state index in [-0.39, 0.29) is 0 Å². The largest absolute Gasteiger partial charge is 0.378 e.